The van der Waals surface area contributed by atoms with E-state index in [-0.39, 0.29) is 13.1 Å². The minimum absolute atomic E-state index is 0.210. The first-order chi connectivity index (χ1) is 8.80. The van der Waals surface area contributed by atoms with Gasteiger partial charge < -0.3 is 10.0 Å². The Kier molecular flexibility index (Phi) is 3.54. The van der Waals surface area contributed by atoms with Crippen molar-refractivity contribution in [3.8, 4) is 0 Å². The molecule has 1 aromatic carbocycles. The molecule has 1 heterocycles. The quantitative estimate of drug-likeness (QED) is 0.851. The molecular formula is C13H14F3NO2. The lowest BCUT2D eigenvalue weighted by Crippen LogP contribution is -2.45. The summed E-state index contributed by atoms with van der Waals surface area (Å²) >= 11 is 0. The van der Waals surface area contributed by atoms with Gasteiger partial charge in [0.1, 0.15) is 23.0 Å². The van der Waals surface area contributed by atoms with Crippen molar-refractivity contribution in [1.82, 2.24) is 4.90 Å². The van der Waals surface area contributed by atoms with Gasteiger partial charge in [0.05, 0.1) is 5.60 Å². The third-order valence-electron chi connectivity index (χ3n) is 3.35. The molecule has 0 unspecified atom stereocenters. The number of aliphatic hydroxyl groups is 1. The molecule has 0 bridgehead atoms. The SMILES string of the molecule is CC1(O)CCN(C(=O)c2c(F)cc(F)cc2F)CC1. The first-order valence-electron chi connectivity index (χ1n) is 5.96. The molecule has 0 saturated carbocycles. The van der Waals surface area contributed by atoms with Gasteiger partial charge in [-0.15, -0.1) is 0 Å². The molecule has 2 rings (SSSR count). The van der Waals surface area contributed by atoms with Crippen LogP contribution in [0.5, 0.6) is 0 Å². The number of carbonyl (C=O) groups excluding carboxylic acids is 1. The van der Waals surface area contributed by atoms with Crippen LogP contribution in [0.25, 0.3) is 0 Å². The number of halogens is 3. The number of nitrogens with zero attached hydrogens (tertiary/aromatic N) is 1. The zero-order valence-electron chi connectivity index (χ0n) is 10.4. The van der Waals surface area contributed by atoms with Crippen molar-refractivity contribution in [2.24, 2.45) is 0 Å². The van der Waals surface area contributed by atoms with Crippen molar-refractivity contribution in [3.05, 3.63) is 35.1 Å². The highest BCUT2D eigenvalue weighted by Crippen LogP contribution is 2.24. The van der Waals surface area contributed by atoms with E-state index in [1.807, 2.05) is 0 Å². The molecule has 1 amide bonds. The molecular weight excluding hydrogens is 259 g/mol. The van der Waals surface area contributed by atoms with Gasteiger partial charge in [-0.2, -0.15) is 0 Å². The number of likely N-dealkylation sites (tertiary alicyclic amines) is 1. The first-order valence-corrected chi connectivity index (χ1v) is 5.96. The van der Waals surface area contributed by atoms with Crippen LogP contribution in [0, 0.1) is 17.5 Å². The van der Waals surface area contributed by atoms with Crippen molar-refractivity contribution >= 4 is 5.91 Å². The van der Waals surface area contributed by atoms with Gasteiger partial charge in [-0.3, -0.25) is 4.79 Å². The second-order valence-corrected chi connectivity index (χ2v) is 5.03. The number of amides is 1. The molecule has 1 aliphatic rings. The molecule has 0 radical (unpaired) electrons. The summed E-state index contributed by atoms with van der Waals surface area (Å²) in [5.74, 6) is -4.29. The van der Waals surface area contributed by atoms with E-state index in [4.69, 9.17) is 0 Å². The lowest BCUT2D eigenvalue weighted by Gasteiger charge is -2.35. The van der Waals surface area contributed by atoms with Crippen molar-refractivity contribution in [2.45, 2.75) is 25.4 Å². The summed E-state index contributed by atoms with van der Waals surface area (Å²) in [5.41, 5.74) is -1.61. The van der Waals surface area contributed by atoms with Crippen LogP contribution < -0.4 is 0 Å². The van der Waals surface area contributed by atoms with Gasteiger partial charge in [-0.1, -0.05) is 0 Å². The molecule has 1 aromatic rings. The molecule has 1 aliphatic heterocycles. The maximum absolute atomic E-state index is 13.5. The van der Waals surface area contributed by atoms with Crippen LogP contribution in [0.3, 0.4) is 0 Å². The minimum Gasteiger partial charge on any atom is -0.390 e. The fraction of sp³-hybridized carbons (Fsp3) is 0.462. The molecule has 6 heteroatoms. The molecule has 3 nitrogen and oxygen atoms in total. The maximum atomic E-state index is 13.5. The third kappa shape index (κ3) is 2.89. The summed E-state index contributed by atoms with van der Waals surface area (Å²) in [7, 11) is 0. The van der Waals surface area contributed by atoms with E-state index >= 15 is 0 Å². The van der Waals surface area contributed by atoms with Gasteiger partial charge in [-0.05, 0) is 19.8 Å². The predicted octanol–water partition coefficient (Wildman–Crippen LogP) is 2.09. The molecule has 1 saturated heterocycles. The van der Waals surface area contributed by atoms with Crippen LogP contribution in [0.15, 0.2) is 12.1 Å². The number of carbonyl (C=O) groups is 1. The highest BCUT2D eigenvalue weighted by Gasteiger charge is 2.32. The van der Waals surface area contributed by atoms with E-state index in [2.05, 4.69) is 0 Å². The summed E-state index contributed by atoms with van der Waals surface area (Å²) < 4.78 is 39.8. The van der Waals surface area contributed by atoms with Gasteiger partial charge in [0.2, 0.25) is 0 Å². The number of benzene rings is 1. The maximum Gasteiger partial charge on any atom is 0.259 e. The van der Waals surface area contributed by atoms with Crippen molar-refractivity contribution in [3.63, 3.8) is 0 Å². The van der Waals surface area contributed by atoms with E-state index < -0.39 is 34.5 Å². The number of piperidine rings is 1. The molecule has 104 valence electrons. The number of rotatable bonds is 1. The topological polar surface area (TPSA) is 40.5 Å². The van der Waals surface area contributed by atoms with Crippen molar-refractivity contribution in [1.29, 1.82) is 0 Å². The van der Waals surface area contributed by atoms with E-state index in [0.29, 0.717) is 25.0 Å². The third-order valence-corrected chi connectivity index (χ3v) is 3.35. The molecule has 0 atom stereocenters. The predicted molar refractivity (Wildman–Crippen MR) is 62.1 cm³/mol. The van der Waals surface area contributed by atoms with Crippen LogP contribution >= 0.6 is 0 Å². The fourth-order valence-electron chi connectivity index (χ4n) is 2.10. The first kappa shape index (κ1) is 13.9. The van der Waals surface area contributed by atoms with Crippen LogP contribution in [-0.4, -0.2) is 34.6 Å². The van der Waals surface area contributed by atoms with Crippen LogP contribution in [0.4, 0.5) is 13.2 Å². The molecule has 0 aliphatic carbocycles. The zero-order chi connectivity index (χ0) is 14.2. The molecule has 0 spiro atoms. The highest BCUT2D eigenvalue weighted by atomic mass is 19.1. The second kappa shape index (κ2) is 4.85. The molecule has 1 fully saturated rings. The van der Waals surface area contributed by atoms with E-state index in [0.717, 1.165) is 0 Å². The lowest BCUT2D eigenvalue weighted by atomic mass is 9.93. The summed E-state index contributed by atoms with van der Waals surface area (Å²) in [6, 6.07) is 0.965. The number of hydrogen-bond donors (Lipinski definition) is 1. The van der Waals surface area contributed by atoms with E-state index in [1.165, 1.54) is 4.90 Å². The Balaban J connectivity index is 2.22. The molecule has 0 aromatic heterocycles. The van der Waals surface area contributed by atoms with Gasteiger partial charge in [0.15, 0.2) is 0 Å². The Morgan fingerprint density at radius 2 is 1.68 bits per heavy atom. The zero-order valence-corrected chi connectivity index (χ0v) is 10.4. The summed E-state index contributed by atoms with van der Waals surface area (Å²) in [4.78, 5) is 13.3. The summed E-state index contributed by atoms with van der Waals surface area (Å²) in [5, 5.41) is 9.75. The average molecular weight is 273 g/mol. The van der Waals surface area contributed by atoms with Crippen molar-refractivity contribution in [2.75, 3.05) is 13.1 Å². The standard InChI is InChI=1S/C13H14F3NO2/c1-13(19)2-4-17(5-3-13)12(18)11-9(15)6-8(14)7-10(11)16/h6-7,19H,2-5H2,1H3. The smallest absolute Gasteiger partial charge is 0.259 e. The normalized spacial score (nSPS) is 18.5. The molecule has 19 heavy (non-hydrogen) atoms. The monoisotopic (exact) mass is 273 g/mol. The minimum atomic E-state index is -1.21. The Morgan fingerprint density at radius 1 is 1.21 bits per heavy atom. The van der Waals surface area contributed by atoms with Crippen LogP contribution in [0.1, 0.15) is 30.1 Å². The average Bonchev–Trinajstić information content (AvgIpc) is 2.27. The van der Waals surface area contributed by atoms with Gasteiger partial charge in [0, 0.05) is 25.2 Å². The Morgan fingerprint density at radius 3 is 2.16 bits per heavy atom. The fourth-order valence-corrected chi connectivity index (χ4v) is 2.10. The molecule has 1 N–H and O–H groups in total. The Hall–Kier alpha value is -1.56. The Labute approximate surface area is 108 Å². The van der Waals surface area contributed by atoms with Gasteiger partial charge in [0.25, 0.3) is 5.91 Å². The summed E-state index contributed by atoms with van der Waals surface area (Å²) in [6.07, 6.45) is 0.673. The van der Waals surface area contributed by atoms with E-state index in [1.54, 1.807) is 6.92 Å². The summed E-state index contributed by atoms with van der Waals surface area (Å²) in [6.45, 7) is 2.07. The van der Waals surface area contributed by atoms with E-state index in [9.17, 15) is 23.1 Å². The Bertz CT molecular complexity index is 484. The van der Waals surface area contributed by atoms with Gasteiger partial charge >= 0.3 is 0 Å². The lowest BCUT2D eigenvalue weighted by molar-refractivity contribution is -0.00225. The second-order valence-electron chi connectivity index (χ2n) is 5.03. The van der Waals surface area contributed by atoms with Crippen LogP contribution in [0.2, 0.25) is 0 Å². The number of hydrogen-bond acceptors (Lipinski definition) is 2. The van der Waals surface area contributed by atoms with Gasteiger partial charge in [-0.25, -0.2) is 13.2 Å². The largest absolute Gasteiger partial charge is 0.390 e. The highest BCUT2D eigenvalue weighted by molar-refractivity contribution is 5.94. The van der Waals surface area contributed by atoms with Crippen LogP contribution in [-0.2, 0) is 0 Å². The van der Waals surface area contributed by atoms with Crippen molar-refractivity contribution < 1.29 is 23.1 Å².